The van der Waals surface area contributed by atoms with E-state index in [0.717, 1.165) is 11.3 Å². The zero-order chi connectivity index (χ0) is 14.7. The summed E-state index contributed by atoms with van der Waals surface area (Å²) >= 11 is 1.58. The molecule has 1 aromatic heterocycles. The number of amides is 2. The molecule has 2 rings (SSSR count). The molecule has 0 aliphatic carbocycles. The van der Waals surface area contributed by atoms with Crippen molar-refractivity contribution >= 4 is 23.3 Å². The van der Waals surface area contributed by atoms with Crippen molar-refractivity contribution in [1.29, 1.82) is 0 Å². The number of aliphatic carboxylic acids is 1. The SMILES string of the molecule is CC1CCN(C(=O)NC(C)c2cccs2)C(C(=O)O)C1. The van der Waals surface area contributed by atoms with Gasteiger partial charge in [0.15, 0.2) is 0 Å². The standard InChI is InChI=1S/C14H20N2O3S/c1-9-5-6-16(11(8-9)13(17)18)14(19)15-10(2)12-4-3-7-20-12/h3-4,7,9-11H,5-6,8H2,1-2H3,(H,15,19)(H,17,18). The number of hydrogen-bond donors (Lipinski definition) is 2. The average Bonchev–Trinajstić information content (AvgIpc) is 2.92. The predicted molar refractivity (Wildman–Crippen MR) is 77.8 cm³/mol. The molecule has 20 heavy (non-hydrogen) atoms. The van der Waals surface area contributed by atoms with Gasteiger partial charge >= 0.3 is 12.0 Å². The quantitative estimate of drug-likeness (QED) is 0.901. The number of carbonyl (C=O) groups is 2. The van der Waals surface area contributed by atoms with Crippen LogP contribution in [0.5, 0.6) is 0 Å². The Hall–Kier alpha value is -1.56. The van der Waals surface area contributed by atoms with E-state index in [4.69, 9.17) is 0 Å². The molecule has 110 valence electrons. The first-order valence-corrected chi connectivity index (χ1v) is 7.70. The number of piperidine rings is 1. The number of carbonyl (C=O) groups excluding carboxylic acids is 1. The molecule has 0 spiro atoms. The van der Waals surface area contributed by atoms with Gasteiger partial charge in [-0.1, -0.05) is 13.0 Å². The zero-order valence-electron chi connectivity index (χ0n) is 11.7. The minimum absolute atomic E-state index is 0.101. The van der Waals surface area contributed by atoms with Crippen LogP contribution in [0.25, 0.3) is 0 Å². The molecule has 1 aromatic rings. The maximum atomic E-state index is 12.3. The number of likely N-dealkylation sites (tertiary alicyclic amines) is 1. The summed E-state index contributed by atoms with van der Waals surface area (Å²) < 4.78 is 0. The molecule has 2 heterocycles. The summed E-state index contributed by atoms with van der Waals surface area (Å²) in [7, 11) is 0. The molecular weight excluding hydrogens is 276 g/mol. The van der Waals surface area contributed by atoms with Crippen molar-refractivity contribution in [2.24, 2.45) is 5.92 Å². The molecule has 2 N–H and O–H groups in total. The Morgan fingerprint density at radius 1 is 1.55 bits per heavy atom. The van der Waals surface area contributed by atoms with Crippen molar-refractivity contribution in [2.45, 2.75) is 38.8 Å². The first-order chi connectivity index (χ1) is 9.49. The second kappa shape index (κ2) is 6.26. The Balaban J connectivity index is 2.01. The molecule has 5 nitrogen and oxygen atoms in total. The smallest absolute Gasteiger partial charge is 0.326 e. The van der Waals surface area contributed by atoms with Gasteiger partial charge in [0.05, 0.1) is 6.04 Å². The molecule has 1 saturated heterocycles. The fourth-order valence-electron chi connectivity index (χ4n) is 2.50. The highest BCUT2D eigenvalue weighted by Gasteiger charge is 2.35. The summed E-state index contributed by atoms with van der Waals surface area (Å²) in [5, 5.41) is 14.1. The van der Waals surface area contributed by atoms with Crippen molar-refractivity contribution < 1.29 is 14.7 Å². The normalized spacial score (nSPS) is 24.2. The summed E-state index contributed by atoms with van der Waals surface area (Å²) in [4.78, 5) is 26.1. The van der Waals surface area contributed by atoms with Crippen molar-refractivity contribution in [3.05, 3.63) is 22.4 Å². The van der Waals surface area contributed by atoms with E-state index in [1.54, 1.807) is 11.3 Å². The fourth-order valence-corrected chi connectivity index (χ4v) is 3.23. The number of rotatable bonds is 3. The number of urea groups is 1. The third kappa shape index (κ3) is 3.30. The van der Waals surface area contributed by atoms with Gasteiger partial charge in [-0.05, 0) is 37.1 Å². The van der Waals surface area contributed by atoms with Crippen LogP contribution in [0.1, 0.15) is 37.6 Å². The molecule has 1 aliphatic rings. The van der Waals surface area contributed by atoms with Crippen molar-refractivity contribution in [1.82, 2.24) is 10.2 Å². The van der Waals surface area contributed by atoms with Gasteiger partial charge in [0.1, 0.15) is 6.04 Å². The van der Waals surface area contributed by atoms with Crippen molar-refractivity contribution in [3.8, 4) is 0 Å². The summed E-state index contributed by atoms with van der Waals surface area (Å²) in [6.45, 7) is 4.44. The molecule has 1 aliphatic heterocycles. The molecule has 2 amide bonds. The Labute approximate surface area is 122 Å². The number of nitrogens with one attached hydrogen (secondary N) is 1. The van der Waals surface area contributed by atoms with Crippen LogP contribution in [0.15, 0.2) is 17.5 Å². The Morgan fingerprint density at radius 2 is 2.30 bits per heavy atom. The monoisotopic (exact) mass is 296 g/mol. The van der Waals surface area contributed by atoms with Crippen molar-refractivity contribution in [2.75, 3.05) is 6.54 Å². The largest absolute Gasteiger partial charge is 0.480 e. The third-order valence-electron chi connectivity index (χ3n) is 3.72. The predicted octanol–water partition coefficient (Wildman–Crippen LogP) is 2.70. The first kappa shape index (κ1) is 14.8. The Morgan fingerprint density at radius 3 is 2.90 bits per heavy atom. The number of hydrogen-bond acceptors (Lipinski definition) is 3. The second-order valence-electron chi connectivity index (χ2n) is 5.36. The third-order valence-corrected chi connectivity index (χ3v) is 4.78. The molecule has 0 bridgehead atoms. The van der Waals surface area contributed by atoms with E-state index >= 15 is 0 Å². The highest BCUT2D eigenvalue weighted by molar-refractivity contribution is 7.10. The second-order valence-corrected chi connectivity index (χ2v) is 6.34. The van der Waals surface area contributed by atoms with Crippen molar-refractivity contribution in [3.63, 3.8) is 0 Å². The Bertz CT molecular complexity index is 475. The maximum absolute atomic E-state index is 12.3. The van der Waals surface area contributed by atoms with Crippen LogP contribution in [0.3, 0.4) is 0 Å². The number of nitrogens with zero attached hydrogens (tertiary/aromatic N) is 1. The van der Waals surface area contributed by atoms with Gasteiger partial charge in [0.2, 0.25) is 0 Å². The van der Waals surface area contributed by atoms with E-state index in [1.807, 2.05) is 31.4 Å². The van der Waals surface area contributed by atoms with Crippen LogP contribution >= 0.6 is 11.3 Å². The molecule has 3 unspecified atom stereocenters. The average molecular weight is 296 g/mol. The van der Waals surface area contributed by atoms with Gasteiger partial charge < -0.3 is 15.3 Å². The molecule has 3 atom stereocenters. The minimum Gasteiger partial charge on any atom is -0.480 e. The lowest BCUT2D eigenvalue weighted by molar-refractivity contribution is -0.143. The lowest BCUT2D eigenvalue weighted by Gasteiger charge is -2.36. The van der Waals surface area contributed by atoms with E-state index < -0.39 is 12.0 Å². The molecule has 6 heteroatoms. The number of thiophene rings is 1. The summed E-state index contributed by atoms with van der Waals surface area (Å²) in [5.74, 6) is -0.578. The van der Waals surface area contributed by atoms with E-state index in [9.17, 15) is 14.7 Å². The zero-order valence-corrected chi connectivity index (χ0v) is 12.5. The highest BCUT2D eigenvalue weighted by Crippen LogP contribution is 2.24. The van der Waals surface area contributed by atoms with E-state index in [2.05, 4.69) is 5.32 Å². The Kier molecular flexibility index (Phi) is 4.65. The van der Waals surface area contributed by atoms with Gasteiger partial charge in [-0.25, -0.2) is 9.59 Å². The minimum atomic E-state index is -0.921. The first-order valence-electron chi connectivity index (χ1n) is 6.82. The van der Waals surface area contributed by atoms with Crippen LogP contribution in [0.2, 0.25) is 0 Å². The van der Waals surface area contributed by atoms with Crippen LogP contribution in [0, 0.1) is 5.92 Å². The summed E-state index contributed by atoms with van der Waals surface area (Å²) in [6, 6.07) is 2.80. The highest BCUT2D eigenvalue weighted by atomic mass is 32.1. The number of carboxylic acids is 1. The molecule has 0 aromatic carbocycles. The molecule has 0 radical (unpaired) electrons. The van der Waals surface area contributed by atoms with Gasteiger partial charge in [-0.3, -0.25) is 0 Å². The van der Waals surface area contributed by atoms with Gasteiger partial charge in [-0.15, -0.1) is 11.3 Å². The lowest BCUT2D eigenvalue weighted by Crippen LogP contribution is -2.53. The van der Waals surface area contributed by atoms with Crippen LogP contribution in [-0.2, 0) is 4.79 Å². The number of carboxylic acid groups (broad SMARTS) is 1. The summed E-state index contributed by atoms with van der Waals surface area (Å²) in [5.41, 5.74) is 0. The van der Waals surface area contributed by atoms with Crippen LogP contribution < -0.4 is 5.32 Å². The lowest BCUT2D eigenvalue weighted by atomic mass is 9.93. The van der Waals surface area contributed by atoms with Gasteiger partial charge in [0, 0.05) is 11.4 Å². The van der Waals surface area contributed by atoms with Gasteiger partial charge in [-0.2, -0.15) is 0 Å². The topological polar surface area (TPSA) is 69.6 Å². The van der Waals surface area contributed by atoms with Crippen LogP contribution in [0.4, 0.5) is 4.79 Å². The van der Waals surface area contributed by atoms with E-state index in [1.165, 1.54) is 4.90 Å². The van der Waals surface area contributed by atoms with E-state index in [0.29, 0.717) is 18.9 Å². The van der Waals surface area contributed by atoms with Gasteiger partial charge in [0.25, 0.3) is 0 Å². The molecular formula is C14H20N2O3S. The molecule has 1 fully saturated rings. The fraction of sp³-hybridized carbons (Fsp3) is 0.571. The maximum Gasteiger partial charge on any atom is 0.326 e. The van der Waals surface area contributed by atoms with E-state index in [-0.39, 0.29) is 12.1 Å². The molecule has 0 saturated carbocycles. The van der Waals surface area contributed by atoms with Crippen LogP contribution in [-0.4, -0.2) is 34.6 Å². The summed E-state index contributed by atoms with van der Waals surface area (Å²) in [6.07, 6.45) is 1.38.